The Morgan fingerprint density at radius 2 is 1.95 bits per heavy atom. The molecule has 0 bridgehead atoms. The minimum absolute atomic E-state index is 0.715. The summed E-state index contributed by atoms with van der Waals surface area (Å²) in [5.41, 5.74) is 5.36. The smallest absolute Gasteiger partial charge is 0.181 e. The number of rotatable bonds is 4. The number of anilines is 1. The zero-order valence-corrected chi connectivity index (χ0v) is 12.4. The monoisotopic (exact) mass is 282 g/mol. The Bertz CT molecular complexity index is 736. The molecule has 3 N–H and O–H groups in total. The molecule has 21 heavy (non-hydrogen) atoms. The maximum atomic E-state index is 4.35. The summed E-state index contributed by atoms with van der Waals surface area (Å²) >= 11 is 0. The topological polar surface area (TPSA) is 82.3 Å². The Hall–Kier alpha value is -2.63. The summed E-state index contributed by atoms with van der Waals surface area (Å²) in [4.78, 5) is 4.35. The van der Waals surface area contributed by atoms with Gasteiger partial charge in [0.1, 0.15) is 5.82 Å². The van der Waals surface area contributed by atoms with Crippen LogP contribution in [0, 0.1) is 20.8 Å². The number of aromatic amines is 2. The van der Waals surface area contributed by atoms with Crippen molar-refractivity contribution in [3.05, 3.63) is 47.0 Å². The standard InChI is InChI=1S/C15H18N6/c1-9-14(10(2)19-18-9)8-16-13-6-4-5-12(7-13)15-17-11(3)20-21-15/h4-7,16H,8H2,1-3H3,(H,18,19)(H,17,20,21). The van der Waals surface area contributed by atoms with Crippen LogP contribution < -0.4 is 5.32 Å². The van der Waals surface area contributed by atoms with Crippen molar-refractivity contribution in [2.45, 2.75) is 27.3 Å². The Morgan fingerprint density at radius 1 is 1.10 bits per heavy atom. The van der Waals surface area contributed by atoms with Crippen molar-refractivity contribution in [2.75, 3.05) is 5.32 Å². The molecule has 0 fully saturated rings. The van der Waals surface area contributed by atoms with Gasteiger partial charge < -0.3 is 5.32 Å². The number of hydrogen-bond donors (Lipinski definition) is 3. The summed E-state index contributed by atoms with van der Waals surface area (Å²) in [5.74, 6) is 1.53. The maximum Gasteiger partial charge on any atom is 0.181 e. The Kier molecular flexibility index (Phi) is 3.43. The summed E-state index contributed by atoms with van der Waals surface area (Å²) in [5, 5.41) is 17.7. The molecule has 1 aromatic carbocycles. The molecule has 0 spiro atoms. The molecule has 6 nitrogen and oxygen atoms in total. The highest BCUT2D eigenvalue weighted by Gasteiger charge is 2.07. The molecule has 3 rings (SSSR count). The highest BCUT2D eigenvalue weighted by atomic mass is 15.2. The third-order valence-electron chi connectivity index (χ3n) is 3.47. The normalized spacial score (nSPS) is 10.8. The van der Waals surface area contributed by atoms with Crippen LogP contribution in [0.3, 0.4) is 0 Å². The molecule has 6 heteroatoms. The lowest BCUT2D eigenvalue weighted by Gasteiger charge is -2.07. The van der Waals surface area contributed by atoms with E-state index in [9.17, 15) is 0 Å². The molecule has 0 atom stereocenters. The number of H-pyrrole nitrogens is 2. The second-order valence-corrected chi connectivity index (χ2v) is 5.09. The lowest BCUT2D eigenvalue weighted by molar-refractivity contribution is 1.02. The second kappa shape index (κ2) is 5.40. The van der Waals surface area contributed by atoms with Gasteiger partial charge in [0.05, 0.1) is 5.69 Å². The number of aromatic nitrogens is 5. The fourth-order valence-electron chi connectivity index (χ4n) is 2.27. The lowest BCUT2D eigenvalue weighted by atomic mass is 10.1. The van der Waals surface area contributed by atoms with Gasteiger partial charge in [-0.05, 0) is 32.9 Å². The molecular formula is C15H18N6. The first kappa shape index (κ1) is 13.4. The molecule has 0 aliphatic rings. The Morgan fingerprint density at radius 3 is 2.62 bits per heavy atom. The minimum atomic E-state index is 0.715. The third-order valence-corrected chi connectivity index (χ3v) is 3.47. The number of benzene rings is 1. The van der Waals surface area contributed by atoms with Crippen molar-refractivity contribution in [3.8, 4) is 11.4 Å². The molecule has 2 heterocycles. The van der Waals surface area contributed by atoms with E-state index in [1.54, 1.807) is 0 Å². The van der Waals surface area contributed by atoms with Crippen molar-refractivity contribution in [3.63, 3.8) is 0 Å². The van der Waals surface area contributed by atoms with Gasteiger partial charge in [0, 0.05) is 29.1 Å². The summed E-state index contributed by atoms with van der Waals surface area (Å²) in [6, 6.07) is 8.09. The third kappa shape index (κ3) is 2.79. The highest BCUT2D eigenvalue weighted by molar-refractivity contribution is 5.62. The molecule has 0 amide bonds. The number of hydrogen-bond acceptors (Lipinski definition) is 4. The quantitative estimate of drug-likeness (QED) is 0.687. The SMILES string of the molecule is Cc1nc(-c2cccc(NCc3c(C)n[nH]c3C)c2)n[nH]1. The minimum Gasteiger partial charge on any atom is -0.381 e. The van der Waals surface area contributed by atoms with Gasteiger partial charge in [-0.3, -0.25) is 10.2 Å². The molecule has 3 aromatic rings. The van der Waals surface area contributed by atoms with Gasteiger partial charge in [0.15, 0.2) is 5.82 Å². The van der Waals surface area contributed by atoms with Crippen LogP contribution in [0.1, 0.15) is 22.8 Å². The number of aryl methyl sites for hydroxylation is 3. The fourth-order valence-corrected chi connectivity index (χ4v) is 2.27. The van der Waals surface area contributed by atoms with Crippen LogP contribution in [-0.4, -0.2) is 25.4 Å². The van der Waals surface area contributed by atoms with Crippen LogP contribution in [0.25, 0.3) is 11.4 Å². The molecule has 2 aromatic heterocycles. The molecule has 108 valence electrons. The summed E-state index contributed by atoms with van der Waals surface area (Å²) < 4.78 is 0. The molecule has 0 aliphatic heterocycles. The molecule has 0 unspecified atom stereocenters. The summed E-state index contributed by atoms with van der Waals surface area (Å²) in [7, 11) is 0. The number of nitrogens with one attached hydrogen (secondary N) is 3. The molecule has 0 saturated heterocycles. The van der Waals surface area contributed by atoms with Crippen LogP contribution in [0.4, 0.5) is 5.69 Å². The van der Waals surface area contributed by atoms with Gasteiger partial charge in [-0.1, -0.05) is 12.1 Å². The van der Waals surface area contributed by atoms with Gasteiger partial charge in [-0.25, -0.2) is 4.98 Å². The first-order valence-corrected chi connectivity index (χ1v) is 6.87. The summed E-state index contributed by atoms with van der Waals surface area (Å²) in [6.45, 7) is 6.67. The van der Waals surface area contributed by atoms with E-state index in [2.05, 4.69) is 30.7 Å². The van der Waals surface area contributed by atoms with Crippen molar-refractivity contribution in [1.29, 1.82) is 0 Å². The molecule has 0 saturated carbocycles. The molecular weight excluding hydrogens is 264 g/mol. The maximum absolute atomic E-state index is 4.35. The van der Waals surface area contributed by atoms with Crippen molar-refractivity contribution < 1.29 is 0 Å². The van der Waals surface area contributed by atoms with Crippen molar-refractivity contribution in [2.24, 2.45) is 0 Å². The zero-order valence-electron chi connectivity index (χ0n) is 12.4. The first-order chi connectivity index (χ1) is 10.1. The van der Waals surface area contributed by atoms with Crippen molar-refractivity contribution in [1.82, 2.24) is 25.4 Å². The van der Waals surface area contributed by atoms with E-state index in [1.165, 1.54) is 5.56 Å². The van der Waals surface area contributed by atoms with Gasteiger partial charge in [-0.15, -0.1) is 0 Å². The average molecular weight is 282 g/mol. The number of nitrogens with zero attached hydrogens (tertiary/aromatic N) is 3. The van der Waals surface area contributed by atoms with Gasteiger partial charge >= 0.3 is 0 Å². The van der Waals surface area contributed by atoms with E-state index >= 15 is 0 Å². The zero-order chi connectivity index (χ0) is 14.8. The summed E-state index contributed by atoms with van der Waals surface area (Å²) in [6.07, 6.45) is 0. The first-order valence-electron chi connectivity index (χ1n) is 6.87. The van der Waals surface area contributed by atoms with Gasteiger partial charge in [0.2, 0.25) is 0 Å². The van der Waals surface area contributed by atoms with Crippen LogP contribution in [-0.2, 0) is 6.54 Å². The second-order valence-electron chi connectivity index (χ2n) is 5.09. The van der Waals surface area contributed by atoms with Crippen LogP contribution >= 0.6 is 0 Å². The van der Waals surface area contributed by atoms with Gasteiger partial charge in [-0.2, -0.15) is 10.2 Å². The predicted molar refractivity (Wildman–Crippen MR) is 81.9 cm³/mol. The fraction of sp³-hybridized carbons (Fsp3) is 0.267. The van der Waals surface area contributed by atoms with Crippen LogP contribution in [0.2, 0.25) is 0 Å². The van der Waals surface area contributed by atoms with E-state index in [0.29, 0.717) is 5.82 Å². The predicted octanol–water partition coefficient (Wildman–Crippen LogP) is 2.73. The largest absolute Gasteiger partial charge is 0.381 e. The van der Waals surface area contributed by atoms with E-state index < -0.39 is 0 Å². The highest BCUT2D eigenvalue weighted by Crippen LogP contribution is 2.20. The Balaban J connectivity index is 1.78. The average Bonchev–Trinajstić information content (AvgIpc) is 3.04. The van der Waals surface area contributed by atoms with Crippen LogP contribution in [0.5, 0.6) is 0 Å². The van der Waals surface area contributed by atoms with E-state index in [0.717, 1.165) is 35.0 Å². The van der Waals surface area contributed by atoms with E-state index in [-0.39, 0.29) is 0 Å². The molecule has 0 aliphatic carbocycles. The molecule has 0 radical (unpaired) electrons. The van der Waals surface area contributed by atoms with Crippen LogP contribution in [0.15, 0.2) is 24.3 Å². The lowest BCUT2D eigenvalue weighted by Crippen LogP contribution is -2.01. The van der Waals surface area contributed by atoms with Gasteiger partial charge in [0.25, 0.3) is 0 Å². The van der Waals surface area contributed by atoms with Crippen molar-refractivity contribution >= 4 is 5.69 Å². The van der Waals surface area contributed by atoms with E-state index in [1.807, 2.05) is 45.0 Å². The Labute approximate surface area is 123 Å². The van der Waals surface area contributed by atoms with E-state index in [4.69, 9.17) is 0 Å².